The highest BCUT2D eigenvalue weighted by Crippen LogP contribution is 2.66. The molecule has 1 atom stereocenters. The van der Waals surface area contributed by atoms with E-state index in [2.05, 4.69) is 0 Å². The van der Waals surface area contributed by atoms with Crippen LogP contribution in [0.2, 0.25) is 0 Å². The van der Waals surface area contributed by atoms with Crippen LogP contribution in [0.1, 0.15) is 0 Å². The standard InChI is InChI=1S/C12HF23O2/c13-2(1(36)37,4(16,17)6(20,21)9(26,27)11(30,31)32)3(14,15)5(18,19)7(22,23)8(24,25)10(28,29)12(33,34)35/h(H,36,37). The van der Waals surface area contributed by atoms with Crippen molar-refractivity contribution in [1.29, 1.82) is 0 Å². The number of aliphatic carboxylic acids is 1. The summed E-state index contributed by atoms with van der Waals surface area (Å²) in [6.07, 6.45) is -16.3. The van der Waals surface area contributed by atoms with E-state index in [1.807, 2.05) is 0 Å². The van der Waals surface area contributed by atoms with Crippen LogP contribution in [0.25, 0.3) is 0 Å². The third-order valence-corrected chi connectivity index (χ3v) is 4.24. The molecule has 0 saturated carbocycles. The zero-order chi connectivity index (χ0) is 31.1. The normalized spacial score (nSPS) is 18.0. The minimum absolute atomic E-state index is 5.51. The highest BCUT2D eigenvalue weighted by molar-refractivity contribution is 5.81. The lowest BCUT2D eigenvalue weighted by atomic mass is 9.78. The van der Waals surface area contributed by atoms with Crippen LogP contribution in [0.4, 0.5) is 101 Å². The maximum absolute atomic E-state index is 14.1. The first kappa shape index (κ1) is 34.9. The summed E-state index contributed by atoms with van der Waals surface area (Å²) in [5.74, 6) is -78.2. The van der Waals surface area contributed by atoms with Crippen LogP contribution in [0, 0.1) is 0 Å². The summed E-state index contributed by atoms with van der Waals surface area (Å²) < 4.78 is 298. The minimum Gasteiger partial charge on any atom is -0.479 e. The number of carboxylic acid groups (broad SMARTS) is 1. The van der Waals surface area contributed by atoms with Crippen molar-refractivity contribution in [1.82, 2.24) is 0 Å². The monoisotopic (exact) mass is 614 g/mol. The van der Waals surface area contributed by atoms with Crippen molar-refractivity contribution in [2.75, 3.05) is 0 Å². The largest absolute Gasteiger partial charge is 0.479 e. The lowest BCUT2D eigenvalue weighted by Gasteiger charge is -2.46. The van der Waals surface area contributed by atoms with Crippen molar-refractivity contribution in [2.24, 2.45) is 0 Å². The van der Waals surface area contributed by atoms with E-state index in [0.717, 1.165) is 0 Å². The summed E-state index contributed by atoms with van der Waals surface area (Å²) in [7, 11) is 0. The average molecular weight is 614 g/mol. The fourth-order valence-electron chi connectivity index (χ4n) is 2.04. The molecule has 0 aromatic carbocycles. The Labute approximate surface area is 184 Å². The predicted octanol–water partition coefficient (Wildman–Crippen LogP) is 6.99. The molecule has 2 nitrogen and oxygen atoms in total. The van der Waals surface area contributed by atoms with Crippen molar-refractivity contribution >= 4 is 5.97 Å². The first-order chi connectivity index (χ1) is 15.4. The number of hydrogen-bond acceptors (Lipinski definition) is 1. The van der Waals surface area contributed by atoms with Crippen LogP contribution in [0.5, 0.6) is 0 Å². The smallest absolute Gasteiger partial charge is 0.460 e. The lowest BCUT2D eigenvalue weighted by molar-refractivity contribution is -0.462. The molecular weight excluding hydrogens is 613 g/mol. The highest BCUT2D eigenvalue weighted by atomic mass is 19.4. The van der Waals surface area contributed by atoms with Crippen LogP contribution in [-0.4, -0.2) is 76.5 Å². The number of hydrogen-bond donors (Lipinski definition) is 1. The van der Waals surface area contributed by atoms with E-state index in [-0.39, 0.29) is 0 Å². The first-order valence-electron chi connectivity index (χ1n) is 7.52. The SMILES string of the molecule is O=C(O)C(F)(C(F)(F)C(F)(F)C(F)(F)C(F)(F)F)C(F)(F)C(F)(F)C(F)(F)C(F)(F)C(F)(F)C(F)(F)F. The third-order valence-electron chi connectivity index (χ3n) is 4.24. The predicted molar refractivity (Wildman–Crippen MR) is 63.2 cm³/mol. The van der Waals surface area contributed by atoms with Crippen molar-refractivity contribution in [2.45, 2.75) is 65.4 Å². The van der Waals surface area contributed by atoms with Gasteiger partial charge in [0.1, 0.15) is 0 Å². The molecule has 37 heavy (non-hydrogen) atoms. The van der Waals surface area contributed by atoms with Gasteiger partial charge in [0.15, 0.2) is 0 Å². The number of alkyl halides is 23. The Morgan fingerprint density at radius 1 is 0.324 bits per heavy atom. The molecule has 0 spiro atoms. The number of halogens is 23. The molecule has 1 unspecified atom stereocenters. The molecule has 0 aliphatic carbocycles. The van der Waals surface area contributed by atoms with Crippen LogP contribution < -0.4 is 0 Å². The number of carboxylic acids is 1. The Hall–Kier alpha value is -2.14. The van der Waals surface area contributed by atoms with E-state index < -0.39 is 71.4 Å². The van der Waals surface area contributed by atoms with Crippen molar-refractivity contribution in [3.63, 3.8) is 0 Å². The molecule has 222 valence electrons. The second-order valence-electron chi connectivity index (χ2n) is 6.55. The molecule has 0 fully saturated rings. The highest BCUT2D eigenvalue weighted by Gasteiger charge is 2.99. The average Bonchev–Trinajstić information content (AvgIpc) is 2.63. The molecule has 0 aliphatic heterocycles. The number of carbonyl (C=O) groups is 1. The van der Waals surface area contributed by atoms with Crippen molar-refractivity contribution < 1.29 is 111 Å². The molecular formula is C12HF23O2. The molecule has 0 rings (SSSR count). The van der Waals surface area contributed by atoms with E-state index in [1.54, 1.807) is 0 Å². The van der Waals surface area contributed by atoms with Crippen LogP contribution in [-0.2, 0) is 4.79 Å². The Morgan fingerprint density at radius 3 is 0.676 bits per heavy atom. The Kier molecular flexibility index (Phi) is 7.71. The van der Waals surface area contributed by atoms with Gasteiger partial charge in [-0.3, -0.25) is 0 Å². The zero-order valence-electron chi connectivity index (χ0n) is 15.5. The van der Waals surface area contributed by atoms with Gasteiger partial charge in [-0.15, -0.1) is 0 Å². The molecule has 0 aromatic rings. The molecule has 0 bridgehead atoms. The van der Waals surface area contributed by atoms with Gasteiger partial charge < -0.3 is 5.11 Å². The second-order valence-corrected chi connectivity index (χ2v) is 6.55. The van der Waals surface area contributed by atoms with Crippen LogP contribution >= 0.6 is 0 Å². The minimum atomic E-state index is -9.45. The molecule has 1 N–H and O–H groups in total. The van der Waals surface area contributed by atoms with Gasteiger partial charge in [0.25, 0.3) is 0 Å². The fraction of sp³-hybridized carbons (Fsp3) is 0.917. The van der Waals surface area contributed by atoms with E-state index in [9.17, 15) is 106 Å². The zero-order valence-corrected chi connectivity index (χ0v) is 15.5. The molecule has 0 aromatic heterocycles. The molecule has 0 aliphatic rings. The summed E-state index contributed by atoms with van der Waals surface area (Å²) in [6, 6.07) is 0. The summed E-state index contributed by atoms with van der Waals surface area (Å²) in [6.45, 7) is 0. The summed E-state index contributed by atoms with van der Waals surface area (Å²) in [4.78, 5) is 10.4. The molecule has 0 heterocycles. The quantitative estimate of drug-likeness (QED) is 0.285. The van der Waals surface area contributed by atoms with Crippen molar-refractivity contribution in [3.05, 3.63) is 0 Å². The Balaban J connectivity index is 7.58. The lowest BCUT2D eigenvalue weighted by Crippen LogP contribution is -2.80. The fourth-order valence-corrected chi connectivity index (χ4v) is 2.04. The third kappa shape index (κ3) is 3.90. The van der Waals surface area contributed by atoms with E-state index >= 15 is 0 Å². The van der Waals surface area contributed by atoms with E-state index in [4.69, 9.17) is 5.11 Å². The van der Waals surface area contributed by atoms with Gasteiger partial charge in [0.2, 0.25) is 0 Å². The Bertz CT molecular complexity index is 877. The topological polar surface area (TPSA) is 37.3 Å². The summed E-state index contributed by atoms with van der Waals surface area (Å²) in [5, 5.41) is 7.97. The van der Waals surface area contributed by atoms with Gasteiger partial charge in [-0.25, -0.2) is 9.18 Å². The molecule has 25 heteroatoms. The van der Waals surface area contributed by atoms with E-state index in [0.29, 0.717) is 0 Å². The summed E-state index contributed by atoms with van der Waals surface area (Å²) in [5.41, 5.74) is -9.01. The van der Waals surface area contributed by atoms with Crippen LogP contribution in [0.3, 0.4) is 0 Å². The van der Waals surface area contributed by atoms with Gasteiger partial charge in [0.05, 0.1) is 0 Å². The molecule has 0 amide bonds. The maximum Gasteiger partial charge on any atom is 0.460 e. The van der Waals surface area contributed by atoms with Gasteiger partial charge >= 0.3 is 71.4 Å². The van der Waals surface area contributed by atoms with E-state index in [1.165, 1.54) is 0 Å². The maximum atomic E-state index is 14.1. The first-order valence-corrected chi connectivity index (χ1v) is 7.52. The second kappa shape index (κ2) is 8.18. The molecule has 0 radical (unpaired) electrons. The summed E-state index contributed by atoms with van der Waals surface area (Å²) >= 11 is 0. The van der Waals surface area contributed by atoms with Gasteiger partial charge in [-0.05, 0) is 0 Å². The van der Waals surface area contributed by atoms with Crippen molar-refractivity contribution in [3.8, 4) is 0 Å². The number of rotatable bonds is 9. The van der Waals surface area contributed by atoms with Gasteiger partial charge in [0, 0.05) is 0 Å². The van der Waals surface area contributed by atoms with Crippen LogP contribution in [0.15, 0.2) is 0 Å². The Morgan fingerprint density at radius 2 is 0.486 bits per heavy atom. The van der Waals surface area contributed by atoms with Gasteiger partial charge in [-0.2, -0.15) is 96.6 Å². The molecule has 0 saturated heterocycles. The van der Waals surface area contributed by atoms with Gasteiger partial charge in [-0.1, -0.05) is 0 Å².